The summed E-state index contributed by atoms with van der Waals surface area (Å²) in [5.41, 5.74) is 0. The molecular formula is C19H37IO5Si. The normalized spacial score (nSPS) is 16.5. The van der Waals surface area contributed by atoms with Crippen LogP contribution in [-0.2, 0) is 23.4 Å². The molecule has 0 aromatic heterocycles. The maximum Gasteiger partial charge on any atom is 0.330 e. The van der Waals surface area contributed by atoms with Crippen molar-refractivity contribution in [2.24, 2.45) is 5.92 Å². The van der Waals surface area contributed by atoms with Crippen molar-refractivity contribution >= 4 is 36.9 Å². The van der Waals surface area contributed by atoms with Gasteiger partial charge in [0.05, 0.1) is 17.6 Å². The van der Waals surface area contributed by atoms with Gasteiger partial charge in [0.25, 0.3) is 0 Å². The monoisotopic (exact) mass is 500 g/mol. The summed E-state index contributed by atoms with van der Waals surface area (Å²) in [6, 6.07) is 0. The van der Waals surface area contributed by atoms with E-state index < -0.39 is 8.32 Å². The van der Waals surface area contributed by atoms with E-state index in [1.54, 1.807) is 6.08 Å². The van der Waals surface area contributed by atoms with Crippen LogP contribution in [0.5, 0.6) is 0 Å². The van der Waals surface area contributed by atoms with E-state index in [2.05, 4.69) is 68.1 Å². The minimum atomic E-state index is -1.81. The summed E-state index contributed by atoms with van der Waals surface area (Å²) in [5, 5.41) is 0.171. The van der Waals surface area contributed by atoms with Gasteiger partial charge in [-0.2, -0.15) is 0 Å². The molecule has 1 unspecified atom stereocenters. The quantitative estimate of drug-likeness (QED) is 0.0949. The minimum absolute atomic E-state index is 0.0907. The molecule has 26 heavy (non-hydrogen) atoms. The van der Waals surface area contributed by atoms with Crippen molar-refractivity contribution in [2.45, 2.75) is 71.6 Å². The molecule has 0 radical (unpaired) electrons. The highest BCUT2D eigenvalue weighted by atomic mass is 127. The molecule has 0 heterocycles. The van der Waals surface area contributed by atoms with E-state index in [-0.39, 0.29) is 29.3 Å². The third kappa shape index (κ3) is 9.82. The maximum atomic E-state index is 11.3. The van der Waals surface area contributed by atoms with E-state index in [0.717, 1.165) is 4.43 Å². The molecule has 0 aromatic rings. The molecule has 0 aromatic carbocycles. The Morgan fingerprint density at radius 2 is 1.88 bits per heavy atom. The summed E-state index contributed by atoms with van der Waals surface area (Å²) in [7, 11) is -0.440. The molecule has 0 N–H and O–H groups in total. The largest absolute Gasteiger partial charge is 0.466 e. The van der Waals surface area contributed by atoms with Gasteiger partial charge in [-0.3, -0.25) is 0 Å². The van der Waals surface area contributed by atoms with Gasteiger partial charge < -0.3 is 18.6 Å². The Hall–Kier alpha value is 0.0369. The van der Waals surface area contributed by atoms with E-state index in [4.69, 9.17) is 13.9 Å². The summed E-state index contributed by atoms with van der Waals surface area (Å²) in [6.45, 7) is 16.5. The van der Waals surface area contributed by atoms with Gasteiger partial charge in [-0.05, 0) is 31.5 Å². The number of esters is 1. The number of hydrogen-bond acceptors (Lipinski definition) is 5. The zero-order valence-electron chi connectivity index (χ0n) is 17.6. The Morgan fingerprint density at radius 3 is 2.35 bits per heavy atom. The number of halogens is 1. The first kappa shape index (κ1) is 26.0. The summed E-state index contributed by atoms with van der Waals surface area (Å²) >= 11 is 2.26. The minimum Gasteiger partial charge on any atom is -0.466 e. The first-order valence-electron chi connectivity index (χ1n) is 9.20. The van der Waals surface area contributed by atoms with Crippen LogP contribution in [0.2, 0.25) is 18.1 Å². The summed E-state index contributed by atoms with van der Waals surface area (Å²) in [4.78, 5) is 11.3. The van der Waals surface area contributed by atoms with E-state index in [1.165, 1.54) is 13.2 Å². The molecule has 0 saturated carbocycles. The molecule has 3 atom stereocenters. The van der Waals surface area contributed by atoms with Crippen LogP contribution in [0.1, 0.15) is 41.0 Å². The van der Waals surface area contributed by atoms with Gasteiger partial charge >= 0.3 is 5.97 Å². The number of alkyl halides is 1. The smallest absolute Gasteiger partial charge is 0.330 e. The molecule has 5 nitrogen and oxygen atoms in total. The second kappa shape index (κ2) is 12.5. The Kier molecular flexibility index (Phi) is 12.5. The maximum absolute atomic E-state index is 11.3. The highest BCUT2D eigenvalue weighted by molar-refractivity contribution is 14.1. The zero-order valence-corrected chi connectivity index (χ0v) is 20.8. The summed E-state index contributed by atoms with van der Waals surface area (Å²) in [6.07, 6.45) is 3.50. The van der Waals surface area contributed by atoms with Gasteiger partial charge in [-0.25, -0.2) is 4.79 Å². The SMILES string of the molecule is CCOC(CI)O[C@H](C/C=C\C(=O)OC)[C@H](C)CO[Si](C)(C)C(C)(C)C. The number of carbonyl (C=O) groups excluding carboxylic acids is 1. The molecule has 0 aliphatic heterocycles. The number of ether oxygens (including phenoxy) is 3. The van der Waals surface area contributed by atoms with Crippen molar-refractivity contribution in [3.05, 3.63) is 12.2 Å². The van der Waals surface area contributed by atoms with Crippen molar-refractivity contribution in [1.82, 2.24) is 0 Å². The van der Waals surface area contributed by atoms with Crippen LogP contribution in [0, 0.1) is 5.92 Å². The Morgan fingerprint density at radius 1 is 1.27 bits per heavy atom. The predicted molar refractivity (Wildman–Crippen MR) is 117 cm³/mol. The molecule has 0 saturated heterocycles. The Balaban J connectivity index is 4.99. The molecule has 0 aliphatic carbocycles. The summed E-state index contributed by atoms with van der Waals surface area (Å²) < 4.78 is 23.6. The van der Waals surface area contributed by atoms with E-state index >= 15 is 0 Å². The highest BCUT2D eigenvalue weighted by Crippen LogP contribution is 2.37. The van der Waals surface area contributed by atoms with Crippen molar-refractivity contribution in [3.8, 4) is 0 Å². The third-order valence-corrected chi connectivity index (χ3v) is 10.00. The number of methoxy groups -OCH3 is 1. The van der Waals surface area contributed by atoms with Gasteiger partial charge in [-0.15, -0.1) is 0 Å². The van der Waals surface area contributed by atoms with Crippen LogP contribution < -0.4 is 0 Å². The zero-order chi connectivity index (χ0) is 20.4. The van der Waals surface area contributed by atoms with Crippen molar-refractivity contribution < 1.29 is 23.4 Å². The molecule has 0 spiro atoms. The number of rotatable bonds is 12. The van der Waals surface area contributed by atoms with Gasteiger partial charge in [0.2, 0.25) is 0 Å². The van der Waals surface area contributed by atoms with Crippen molar-refractivity contribution in [3.63, 3.8) is 0 Å². The lowest BCUT2D eigenvalue weighted by Gasteiger charge is -2.38. The van der Waals surface area contributed by atoms with E-state index in [1.807, 2.05) is 6.92 Å². The second-order valence-electron chi connectivity index (χ2n) is 7.92. The van der Waals surface area contributed by atoms with Crippen LogP contribution in [0.15, 0.2) is 12.2 Å². The Labute approximate surface area is 174 Å². The fraction of sp³-hybridized carbons (Fsp3) is 0.842. The van der Waals surface area contributed by atoms with Gasteiger partial charge in [0.1, 0.15) is 0 Å². The van der Waals surface area contributed by atoms with Gasteiger partial charge in [-0.1, -0.05) is 56.4 Å². The van der Waals surface area contributed by atoms with Crippen molar-refractivity contribution in [2.75, 3.05) is 24.8 Å². The van der Waals surface area contributed by atoms with Crippen LogP contribution in [0.3, 0.4) is 0 Å². The molecule has 154 valence electrons. The highest BCUT2D eigenvalue weighted by Gasteiger charge is 2.38. The Bertz CT molecular complexity index is 434. The van der Waals surface area contributed by atoms with Crippen LogP contribution in [-0.4, -0.2) is 51.4 Å². The fourth-order valence-corrected chi connectivity index (χ4v) is 3.53. The fourth-order valence-electron chi connectivity index (χ4n) is 1.95. The van der Waals surface area contributed by atoms with Crippen LogP contribution in [0.4, 0.5) is 0 Å². The lowest BCUT2D eigenvalue weighted by atomic mass is 10.0. The second-order valence-corrected chi connectivity index (χ2v) is 13.6. The lowest BCUT2D eigenvalue weighted by Crippen LogP contribution is -2.43. The molecule has 0 aliphatic rings. The predicted octanol–water partition coefficient (Wildman–Crippen LogP) is 4.95. The number of carbonyl (C=O) groups is 1. The topological polar surface area (TPSA) is 54.0 Å². The summed E-state index contributed by atoms with van der Waals surface area (Å²) in [5.74, 6) is -0.179. The lowest BCUT2D eigenvalue weighted by molar-refractivity contribution is -0.165. The van der Waals surface area contributed by atoms with Gasteiger partial charge in [0.15, 0.2) is 14.6 Å². The molecular weight excluding hydrogens is 463 g/mol. The van der Waals surface area contributed by atoms with E-state index in [0.29, 0.717) is 19.6 Å². The molecule has 0 fully saturated rings. The van der Waals surface area contributed by atoms with Crippen LogP contribution in [0.25, 0.3) is 0 Å². The molecule has 0 amide bonds. The van der Waals surface area contributed by atoms with Gasteiger partial charge in [0, 0.05) is 25.2 Å². The average Bonchev–Trinajstić information content (AvgIpc) is 2.56. The first-order valence-corrected chi connectivity index (χ1v) is 13.6. The average molecular weight is 500 g/mol. The van der Waals surface area contributed by atoms with E-state index in [9.17, 15) is 4.79 Å². The van der Waals surface area contributed by atoms with Crippen molar-refractivity contribution in [1.29, 1.82) is 0 Å². The standard InChI is InChI=1S/C19H37IO5Si/c1-9-23-18(13-20)25-16(11-10-12-17(21)22-6)15(2)14-24-26(7,8)19(3,4)5/h10,12,15-16,18H,9,11,13-14H2,1-8H3/b12-10-/t15-,16-,18?/m1/s1. The molecule has 0 rings (SSSR count). The third-order valence-electron chi connectivity index (χ3n) is 4.78. The molecule has 0 bridgehead atoms. The number of hydrogen-bond donors (Lipinski definition) is 0. The van der Waals surface area contributed by atoms with Crippen LogP contribution >= 0.6 is 22.6 Å². The molecule has 7 heteroatoms. The first-order chi connectivity index (χ1) is 12.0.